The predicted molar refractivity (Wildman–Crippen MR) is 102 cm³/mol. The summed E-state index contributed by atoms with van der Waals surface area (Å²) in [5.41, 5.74) is 4.57. The summed E-state index contributed by atoms with van der Waals surface area (Å²) in [7, 11) is 0. The molecule has 0 bridgehead atoms. The van der Waals surface area contributed by atoms with Crippen molar-refractivity contribution in [3.63, 3.8) is 0 Å². The lowest BCUT2D eigenvalue weighted by molar-refractivity contribution is 0.108. The molecule has 1 atom stereocenters. The van der Waals surface area contributed by atoms with Gasteiger partial charge < -0.3 is 4.74 Å². The molecule has 1 aromatic carbocycles. The quantitative estimate of drug-likeness (QED) is 0.591. The molecule has 5 rings (SSSR count). The van der Waals surface area contributed by atoms with Crippen LogP contribution in [0.25, 0.3) is 27.2 Å². The van der Waals surface area contributed by atoms with E-state index in [0.717, 1.165) is 35.6 Å². The summed E-state index contributed by atoms with van der Waals surface area (Å²) in [6.45, 7) is 0.733. The Morgan fingerprint density at radius 1 is 1.19 bits per heavy atom. The van der Waals surface area contributed by atoms with Gasteiger partial charge in [0, 0.05) is 23.7 Å². The van der Waals surface area contributed by atoms with Crippen LogP contribution >= 0.6 is 11.3 Å². The summed E-state index contributed by atoms with van der Waals surface area (Å²) in [5, 5.41) is 5.16. The molecule has 4 aromatic rings. The van der Waals surface area contributed by atoms with E-state index in [9.17, 15) is 4.79 Å². The summed E-state index contributed by atoms with van der Waals surface area (Å²) in [6, 6.07) is 14.0. The number of nitrogens with zero attached hydrogens (tertiary/aromatic N) is 2. The number of rotatable bonds is 3. The lowest BCUT2D eigenvalue weighted by Crippen LogP contribution is -2.17. The van der Waals surface area contributed by atoms with Crippen LogP contribution in [0.3, 0.4) is 0 Å². The number of hydrogen-bond acceptors (Lipinski definition) is 4. The van der Waals surface area contributed by atoms with Crippen LogP contribution in [0.4, 0.5) is 0 Å². The summed E-state index contributed by atoms with van der Waals surface area (Å²) >= 11 is 1.65. The third kappa shape index (κ3) is 2.58. The molecule has 130 valence electrons. The number of aromatic nitrogens is 3. The molecule has 1 unspecified atom stereocenters. The van der Waals surface area contributed by atoms with Crippen molar-refractivity contribution in [3.8, 4) is 21.6 Å². The highest BCUT2D eigenvalue weighted by Gasteiger charge is 2.22. The van der Waals surface area contributed by atoms with Gasteiger partial charge in [0.1, 0.15) is 0 Å². The van der Waals surface area contributed by atoms with Gasteiger partial charge in [-0.2, -0.15) is 0 Å². The number of aromatic amines is 1. The van der Waals surface area contributed by atoms with Gasteiger partial charge in [-0.25, -0.2) is 9.50 Å². The second-order valence-corrected chi connectivity index (χ2v) is 7.34. The molecule has 1 saturated heterocycles. The second kappa shape index (κ2) is 6.23. The number of thiophene rings is 1. The Morgan fingerprint density at radius 3 is 2.88 bits per heavy atom. The highest BCUT2D eigenvalue weighted by atomic mass is 32.1. The van der Waals surface area contributed by atoms with E-state index >= 15 is 0 Å². The third-order valence-electron chi connectivity index (χ3n) is 4.75. The number of fused-ring (bicyclic) bond motifs is 1. The minimum Gasteiger partial charge on any atom is -0.372 e. The molecule has 0 amide bonds. The van der Waals surface area contributed by atoms with Crippen LogP contribution in [0, 0.1) is 0 Å². The van der Waals surface area contributed by atoms with E-state index in [1.807, 2.05) is 24.4 Å². The van der Waals surface area contributed by atoms with Gasteiger partial charge in [0.05, 0.1) is 17.4 Å². The second-order valence-electron chi connectivity index (χ2n) is 6.43. The molecule has 1 aliphatic rings. The summed E-state index contributed by atoms with van der Waals surface area (Å²) < 4.78 is 7.20. The van der Waals surface area contributed by atoms with Crippen LogP contribution < -0.4 is 5.56 Å². The maximum Gasteiger partial charge on any atom is 0.273 e. The maximum atomic E-state index is 12.5. The fourth-order valence-electron chi connectivity index (χ4n) is 3.42. The van der Waals surface area contributed by atoms with Crippen LogP contribution in [0.1, 0.15) is 24.6 Å². The molecule has 0 radical (unpaired) electrons. The molecular formula is C20H17N3O2S. The van der Waals surface area contributed by atoms with Crippen molar-refractivity contribution in [2.45, 2.75) is 18.9 Å². The number of ether oxygens (including phenoxy) is 1. The summed E-state index contributed by atoms with van der Waals surface area (Å²) in [6.07, 6.45) is 3.71. The smallest absolute Gasteiger partial charge is 0.273 e. The Hall–Kier alpha value is -2.70. The van der Waals surface area contributed by atoms with E-state index in [1.54, 1.807) is 17.4 Å². The molecule has 0 saturated carbocycles. The van der Waals surface area contributed by atoms with Crippen molar-refractivity contribution in [3.05, 3.63) is 70.1 Å². The van der Waals surface area contributed by atoms with E-state index < -0.39 is 0 Å². The largest absolute Gasteiger partial charge is 0.372 e. The topological polar surface area (TPSA) is 59.4 Å². The minimum atomic E-state index is -0.105. The van der Waals surface area contributed by atoms with Crippen LogP contribution in [0.5, 0.6) is 0 Å². The molecule has 1 aliphatic heterocycles. The zero-order valence-electron chi connectivity index (χ0n) is 14.0. The highest BCUT2D eigenvalue weighted by molar-refractivity contribution is 7.14. The SMILES string of the molecule is O=c1cc(C2CCCO2)nc2c(-c3cc(-c4ccccc4)cs3)c[nH]n12. The van der Waals surface area contributed by atoms with E-state index in [-0.39, 0.29) is 11.7 Å². The molecular weight excluding hydrogens is 346 g/mol. The van der Waals surface area contributed by atoms with E-state index in [2.05, 4.69) is 28.7 Å². The van der Waals surface area contributed by atoms with Crippen LogP contribution in [0.2, 0.25) is 0 Å². The lowest BCUT2D eigenvalue weighted by atomic mass is 10.1. The number of nitrogens with one attached hydrogen (secondary N) is 1. The zero-order valence-corrected chi connectivity index (χ0v) is 14.8. The van der Waals surface area contributed by atoms with Gasteiger partial charge in [0.25, 0.3) is 5.56 Å². The van der Waals surface area contributed by atoms with Gasteiger partial charge in [-0.15, -0.1) is 11.3 Å². The Labute approximate surface area is 153 Å². The first-order chi connectivity index (χ1) is 12.8. The summed E-state index contributed by atoms with van der Waals surface area (Å²) in [5.74, 6) is 0. The first-order valence-electron chi connectivity index (χ1n) is 8.66. The first kappa shape index (κ1) is 15.5. The monoisotopic (exact) mass is 363 g/mol. The summed E-state index contributed by atoms with van der Waals surface area (Å²) in [4.78, 5) is 18.3. The van der Waals surface area contributed by atoms with Crippen LogP contribution in [0.15, 0.2) is 58.8 Å². The maximum absolute atomic E-state index is 12.5. The predicted octanol–water partition coefficient (Wildman–Crippen LogP) is 4.27. The standard InChI is InChI=1S/C20H17N3O2S/c24-19-10-16(17-7-4-8-25-17)22-20-15(11-21-23(19)20)18-9-14(12-26-18)13-5-2-1-3-6-13/h1-3,5-6,9-12,17,21H,4,7-8H2. The van der Waals surface area contributed by atoms with E-state index in [4.69, 9.17) is 9.72 Å². The normalized spacial score (nSPS) is 17.2. The number of hydrogen-bond donors (Lipinski definition) is 1. The fraction of sp³-hybridized carbons (Fsp3) is 0.200. The Bertz CT molecular complexity index is 1120. The highest BCUT2D eigenvalue weighted by Crippen LogP contribution is 2.34. The first-order valence-corrected chi connectivity index (χ1v) is 9.54. The molecule has 26 heavy (non-hydrogen) atoms. The number of benzene rings is 1. The number of H-pyrrole nitrogens is 1. The Kier molecular flexibility index (Phi) is 3.72. The third-order valence-corrected chi connectivity index (χ3v) is 5.71. The van der Waals surface area contributed by atoms with Crippen molar-refractivity contribution in [1.82, 2.24) is 14.6 Å². The molecule has 3 aromatic heterocycles. The average molecular weight is 363 g/mol. The average Bonchev–Trinajstić information content (AvgIpc) is 3.41. The lowest BCUT2D eigenvalue weighted by Gasteiger charge is -2.08. The Balaban J connectivity index is 1.61. The Morgan fingerprint density at radius 2 is 2.08 bits per heavy atom. The molecule has 1 fully saturated rings. The molecule has 5 nitrogen and oxygen atoms in total. The fourth-order valence-corrected chi connectivity index (χ4v) is 4.35. The van der Waals surface area contributed by atoms with Gasteiger partial charge in [0.15, 0.2) is 5.65 Å². The van der Waals surface area contributed by atoms with Gasteiger partial charge >= 0.3 is 0 Å². The van der Waals surface area contributed by atoms with Crippen molar-refractivity contribution in [2.24, 2.45) is 0 Å². The van der Waals surface area contributed by atoms with Crippen LogP contribution in [-0.2, 0) is 4.74 Å². The zero-order chi connectivity index (χ0) is 17.5. The van der Waals surface area contributed by atoms with Gasteiger partial charge in [-0.3, -0.25) is 9.89 Å². The molecule has 4 heterocycles. The molecule has 6 heteroatoms. The minimum absolute atomic E-state index is 0.0707. The van der Waals surface area contributed by atoms with Gasteiger partial charge in [-0.05, 0) is 35.4 Å². The van der Waals surface area contributed by atoms with Crippen molar-refractivity contribution in [1.29, 1.82) is 0 Å². The molecule has 0 spiro atoms. The van der Waals surface area contributed by atoms with Crippen molar-refractivity contribution in [2.75, 3.05) is 6.61 Å². The van der Waals surface area contributed by atoms with Crippen molar-refractivity contribution < 1.29 is 4.74 Å². The van der Waals surface area contributed by atoms with E-state index in [1.165, 1.54) is 15.6 Å². The van der Waals surface area contributed by atoms with E-state index in [0.29, 0.717) is 5.65 Å². The van der Waals surface area contributed by atoms with Gasteiger partial charge in [0.2, 0.25) is 0 Å². The molecule has 0 aliphatic carbocycles. The van der Waals surface area contributed by atoms with Gasteiger partial charge in [-0.1, -0.05) is 30.3 Å². The van der Waals surface area contributed by atoms with Crippen molar-refractivity contribution >= 4 is 17.0 Å². The molecule has 1 N–H and O–H groups in total. The van der Waals surface area contributed by atoms with Crippen LogP contribution in [-0.4, -0.2) is 21.2 Å².